The Balaban J connectivity index is 0.00000182. The first-order valence-electron chi connectivity index (χ1n) is 8.09. The van der Waals surface area contributed by atoms with Crippen molar-refractivity contribution in [3.63, 3.8) is 0 Å². The van der Waals surface area contributed by atoms with Gasteiger partial charge in [0.15, 0.2) is 0 Å². The molecule has 6 nitrogen and oxygen atoms in total. The molecule has 1 aliphatic rings. The maximum absolute atomic E-state index is 13.5. The lowest BCUT2D eigenvalue weighted by Gasteiger charge is -2.34. The van der Waals surface area contributed by atoms with E-state index in [0.29, 0.717) is 37.6 Å². The third-order valence-corrected chi connectivity index (χ3v) is 5.11. The number of hydrogen-bond acceptors (Lipinski definition) is 6. The Morgan fingerprint density at radius 2 is 2.00 bits per heavy atom. The Labute approximate surface area is 174 Å². The molecule has 3 rings (SSSR count). The van der Waals surface area contributed by atoms with Crippen molar-refractivity contribution in [2.45, 2.75) is 13.1 Å². The summed E-state index contributed by atoms with van der Waals surface area (Å²) in [5.41, 5.74) is 6.82. The standard InChI is InChI=1S/C17H21FN4O2S.2ClH/c1-24-15-3-2-13(18)8-12(15)10-21-4-6-22(7-5-21)17(23)14-11-25-16(9-19)20-14;;/h2-3,8,11H,4-7,9-10,19H2,1H3;2*1H. The average molecular weight is 437 g/mol. The number of halogens is 3. The SMILES string of the molecule is COc1ccc(F)cc1CN1CCN(C(=O)c2csc(CN)n2)CC1.Cl.Cl. The van der Waals surface area contributed by atoms with E-state index in [1.54, 1.807) is 23.5 Å². The van der Waals surface area contributed by atoms with Crippen molar-refractivity contribution in [2.75, 3.05) is 33.3 Å². The Bertz CT molecular complexity index is 754. The maximum atomic E-state index is 13.5. The van der Waals surface area contributed by atoms with Gasteiger partial charge in [-0.1, -0.05) is 0 Å². The minimum atomic E-state index is -0.274. The van der Waals surface area contributed by atoms with Crippen molar-refractivity contribution in [3.8, 4) is 5.75 Å². The van der Waals surface area contributed by atoms with E-state index in [1.807, 2.05) is 0 Å². The summed E-state index contributed by atoms with van der Waals surface area (Å²) in [4.78, 5) is 20.7. The van der Waals surface area contributed by atoms with Gasteiger partial charge < -0.3 is 15.4 Å². The van der Waals surface area contributed by atoms with Crippen LogP contribution >= 0.6 is 36.2 Å². The molecule has 0 atom stereocenters. The van der Waals surface area contributed by atoms with Crippen molar-refractivity contribution in [1.29, 1.82) is 0 Å². The number of ether oxygens (including phenoxy) is 1. The molecule has 0 radical (unpaired) electrons. The lowest BCUT2D eigenvalue weighted by atomic mass is 10.1. The van der Waals surface area contributed by atoms with E-state index in [0.717, 1.165) is 23.7 Å². The summed E-state index contributed by atoms with van der Waals surface area (Å²) in [6, 6.07) is 4.53. The van der Waals surface area contributed by atoms with Crippen molar-refractivity contribution < 1.29 is 13.9 Å². The maximum Gasteiger partial charge on any atom is 0.273 e. The lowest BCUT2D eigenvalue weighted by molar-refractivity contribution is 0.0622. The quantitative estimate of drug-likeness (QED) is 0.779. The molecule has 1 saturated heterocycles. The van der Waals surface area contributed by atoms with E-state index < -0.39 is 0 Å². The molecule has 0 unspecified atom stereocenters. The molecule has 2 N–H and O–H groups in total. The fourth-order valence-corrected chi connectivity index (χ4v) is 3.53. The average Bonchev–Trinajstić information content (AvgIpc) is 3.11. The second-order valence-corrected chi connectivity index (χ2v) is 6.80. The molecular weight excluding hydrogens is 414 g/mol. The number of rotatable bonds is 5. The van der Waals surface area contributed by atoms with Crippen LogP contribution in [0.25, 0.3) is 0 Å². The number of benzene rings is 1. The predicted octanol–water partition coefficient (Wildman–Crippen LogP) is 2.55. The van der Waals surface area contributed by atoms with Crippen LogP contribution in [0, 0.1) is 5.82 Å². The molecule has 0 aliphatic carbocycles. The van der Waals surface area contributed by atoms with Crippen molar-refractivity contribution in [1.82, 2.24) is 14.8 Å². The summed E-state index contributed by atoms with van der Waals surface area (Å²) in [5.74, 6) is 0.347. The monoisotopic (exact) mass is 436 g/mol. The van der Waals surface area contributed by atoms with Crippen molar-refractivity contribution >= 4 is 42.1 Å². The number of hydrogen-bond donors (Lipinski definition) is 1. The number of thiazole rings is 1. The van der Waals surface area contributed by atoms with E-state index in [2.05, 4.69) is 9.88 Å². The Hall–Kier alpha value is -1.45. The summed E-state index contributed by atoms with van der Waals surface area (Å²) in [6.45, 7) is 3.62. The number of carbonyl (C=O) groups excluding carboxylic acids is 1. The Morgan fingerprint density at radius 1 is 1.30 bits per heavy atom. The van der Waals surface area contributed by atoms with Gasteiger partial charge in [0.25, 0.3) is 5.91 Å². The fraction of sp³-hybridized carbons (Fsp3) is 0.412. The highest BCUT2D eigenvalue weighted by atomic mass is 35.5. The molecule has 0 bridgehead atoms. The number of piperazine rings is 1. The summed E-state index contributed by atoms with van der Waals surface area (Å²) in [7, 11) is 1.58. The van der Waals surface area contributed by atoms with Gasteiger partial charge in [-0.15, -0.1) is 36.2 Å². The molecular formula is C17H23Cl2FN4O2S. The van der Waals surface area contributed by atoms with Crippen LogP contribution in [-0.2, 0) is 13.1 Å². The highest BCUT2D eigenvalue weighted by Gasteiger charge is 2.24. The zero-order valence-corrected chi connectivity index (χ0v) is 17.3. The van der Waals surface area contributed by atoms with E-state index in [1.165, 1.54) is 23.5 Å². The predicted molar refractivity (Wildman–Crippen MR) is 109 cm³/mol. The largest absolute Gasteiger partial charge is 0.496 e. The highest BCUT2D eigenvalue weighted by Crippen LogP contribution is 2.22. The lowest BCUT2D eigenvalue weighted by Crippen LogP contribution is -2.48. The fourth-order valence-electron chi connectivity index (χ4n) is 2.89. The summed E-state index contributed by atoms with van der Waals surface area (Å²) >= 11 is 1.41. The van der Waals surface area contributed by atoms with Crippen LogP contribution in [0.2, 0.25) is 0 Å². The summed E-state index contributed by atoms with van der Waals surface area (Å²) in [5, 5.41) is 2.52. The minimum absolute atomic E-state index is 0. The van der Waals surface area contributed by atoms with Gasteiger partial charge in [0.2, 0.25) is 0 Å². The second-order valence-electron chi connectivity index (χ2n) is 5.86. The topological polar surface area (TPSA) is 71.7 Å². The number of methoxy groups -OCH3 is 1. The third kappa shape index (κ3) is 5.76. The number of carbonyl (C=O) groups is 1. The second kappa shape index (κ2) is 10.8. The van der Waals surface area contributed by atoms with Gasteiger partial charge in [-0.2, -0.15) is 0 Å². The van der Waals surface area contributed by atoms with Gasteiger partial charge in [-0.3, -0.25) is 9.69 Å². The molecule has 2 heterocycles. The number of amides is 1. The number of nitrogens with two attached hydrogens (primary N) is 1. The number of aromatic nitrogens is 1. The first kappa shape index (κ1) is 23.6. The van der Waals surface area contributed by atoms with Crippen LogP contribution in [-0.4, -0.2) is 54.0 Å². The molecule has 1 aromatic carbocycles. The Morgan fingerprint density at radius 3 is 2.59 bits per heavy atom. The first-order valence-corrected chi connectivity index (χ1v) is 8.97. The molecule has 0 saturated carbocycles. The molecule has 27 heavy (non-hydrogen) atoms. The van der Waals surface area contributed by atoms with E-state index in [-0.39, 0.29) is 36.5 Å². The molecule has 2 aromatic rings. The molecule has 1 aromatic heterocycles. The van der Waals surface area contributed by atoms with E-state index >= 15 is 0 Å². The van der Waals surface area contributed by atoms with Crippen LogP contribution in [0.5, 0.6) is 5.75 Å². The van der Waals surface area contributed by atoms with Crippen molar-refractivity contribution in [3.05, 3.63) is 45.7 Å². The van der Waals surface area contributed by atoms with Gasteiger partial charge in [0, 0.05) is 50.2 Å². The van der Waals surface area contributed by atoms with E-state index in [9.17, 15) is 9.18 Å². The smallest absolute Gasteiger partial charge is 0.273 e. The van der Waals surface area contributed by atoms with Crippen LogP contribution < -0.4 is 10.5 Å². The van der Waals surface area contributed by atoms with Crippen molar-refractivity contribution in [2.24, 2.45) is 5.73 Å². The van der Waals surface area contributed by atoms with Gasteiger partial charge in [0.1, 0.15) is 22.3 Å². The van der Waals surface area contributed by atoms with Gasteiger partial charge >= 0.3 is 0 Å². The van der Waals surface area contributed by atoms with Crippen LogP contribution in [0.1, 0.15) is 21.1 Å². The zero-order valence-electron chi connectivity index (χ0n) is 14.9. The minimum Gasteiger partial charge on any atom is -0.496 e. The Kier molecular flexibility index (Phi) is 9.41. The molecule has 1 aliphatic heterocycles. The summed E-state index contributed by atoms with van der Waals surface area (Å²) < 4.78 is 18.8. The summed E-state index contributed by atoms with van der Waals surface area (Å²) in [6.07, 6.45) is 0. The highest BCUT2D eigenvalue weighted by molar-refractivity contribution is 7.09. The first-order chi connectivity index (χ1) is 12.1. The normalized spacial score (nSPS) is 14.3. The number of nitrogens with zero attached hydrogens (tertiary/aromatic N) is 3. The van der Waals surface area contributed by atoms with E-state index in [4.69, 9.17) is 10.5 Å². The zero-order chi connectivity index (χ0) is 17.8. The van der Waals surface area contributed by atoms with Crippen LogP contribution in [0.15, 0.2) is 23.6 Å². The molecule has 1 fully saturated rings. The molecule has 10 heteroatoms. The van der Waals surface area contributed by atoms with Gasteiger partial charge in [0.05, 0.1) is 7.11 Å². The van der Waals surface area contributed by atoms with Crippen LogP contribution in [0.3, 0.4) is 0 Å². The molecule has 1 amide bonds. The molecule has 150 valence electrons. The molecule has 0 spiro atoms. The van der Waals surface area contributed by atoms with Gasteiger partial charge in [-0.05, 0) is 18.2 Å². The third-order valence-electron chi connectivity index (χ3n) is 4.24. The van der Waals surface area contributed by atoms with Crippen LogP contribution in [0.4, 0.5) is 4.39 Å². The van der Waals surface area contributed by atoms with Gasteiger partial charge in [-0.25, -0.2) is 9.37 Å².